The van der Waals surface area contributed by atoms with Gasteiger partial charge >= 0.3 is 0 Å². The van der Waals surface area contributed by atoms with Gasteiger partial charge in [-0.3, -0.25) is 9.59 Å². The smallest absolute Gasteiger partial charge is 0.254 e. The summed E-state index contributed by atoms with van der Waals surface area (Å²) < 4.78 is 31.8. The van der Waals surface area contributed by atoms with Gasteiger partial charge in [0, 0.05) is 43.7 Å². The van der Waals surface area contributed by atoms with E-state index >= 15 is 0 Å². The lowest BCUT2D eigenvalue weighted by molar-refractivity contribution is 0.0535. The van der Waals surface area contributed by atoms with E-state index in [1.165, 1.54) is 6.07 Å². The Balaban J connectivity index is 1.40. The van der Waals surface area contributed by atoms with E-state index < -0.39 is 11.6 Å². The third kappa shape index (κ3) is 3.37. The van der Waals surface area contributed by atoms with Crippen molar-refractivity contribution in [3.63, 3.8) is 0 Å². The van der Waals surface area contributed by atoms with Crippen LogP contribution in [0.25, 0.3) is 0 Å². The van der Waals surface area contributed by atoms with Gasteiger partial charge in [-0.1, -0.05) is 0 Å². The zero-order valence-corrected chi connectivity index (χ0v) is 14.6. The summed E-state index contributed by atoms with van der Waals surface area (Å²) in [6, 6.07) is 8.56. The summed E-state index contributed by atoms with van der Waals surface area (Å²) in [7, 11) is 0. The van der Waals surface area contributed by atoms with Crippen molar-refractivity contribution in [3.8, 4) is 5.75 Å². The Morgan fingerprint density at radius 3 is 2.04 bits per heavy atom. The quantitative estimate of drug-likeness (QED) is 0.814. The van der Waals surface area contributed by atoms with Gasteiger partial charge in [0.05, 0.1) is 6.61 Å². The highest BCUT2D eigenvalue weighted by Crippen LogP contribution is 2.26. The number of carbonyl (C=O) groups excluding carboxylic acids is 2. The van der Waals surface area contributed by atoms with Gasteiger partial charge in [0.1, 0.15) is 5.75 Å². The van der Waals surface area contributed by atoms with E-state index in [0.717, 1.165) is 29.9 Å². The highest BCUT2D eigenvalue weighted by molar-refractivity contribution is 5.96. The maximum atomic E-state index is 13.3. The lowest BCUT2D eigenvalue weighted by Crippen LogP contribution is -2.50. The Hall–Kier alpha value is -2.96. The van der Waals surface area contributed by atoms with E-state index in [-0.39, 0.29) is 17.4 Å². The van der Waals surface area contributed by atoms with Gasteiger partial charge in [0.15, 0.2) is 11.6 Å². The second-order valence-electron chi connectivity index (χ2n) is 6.63. The topological polar surface area (TPSA) is 49.9 Å². The van der Waals surface area contributed by atoms with Crippen molar-refractivity contribution in [1.29, 1.82) is 0 Å². The van der Waals surface area contributed by atoms with Gasteiger partial charge in [0.25, 0.3) is 11.8 Å². The van der Waals surface area contributed by atoms with Crippen LogP contribution in [0.2, 0.25) is 0 Å². The van der Waals surface area contributed by atoms with Crippen molar-refractivity contribution in [1.82, 2.24) is 9.80 Å². The first-order valence-corrected chi connectivity index (χ1v) is 8.82. The van der Waals surface area contributed by atoms with Gasteiger partial charge in [-0.2, -0.15) is 0 Å². The summed E-state index contributed by atoms with van der Waals surface area (Å²) in [6.45, 7) is 2.11. The minimum Gasteiger partial charge on any atom is -0.493 e. The van der Waals surface area contributed by atoms with Crippen LogP contribution in [-0.4, -0.2) is 54.4 Å². The van der Waals surface area contributed by atoms with Crippen molar-refractivity contribution in [2.24, 2.45) is 0 Å². The number of hydrogen-bond donors (Lipinski definition) is 0. The lowest BCUT2D eigenvalue weighted by Gasteiger charge is -2.35. The molecule has 0 saturated carbocycles. The number of fused-ring (bicyclic) bond motifs is 1. The van der Waals surface area contributed by atoms with Crippen LogP contribution in [0.3, 0.4) is 0 Å². The first-order chi connectivity index (χ1) is 13.0. The highest BCUT2D eigenvalue weighted by Gasteiger charge is 2.26. The average molecular weight is 372 g/mol. The molecule has 0 atom stereocenters. The molecule has 0 bridgehead atoms. The zero-order chi connectivity index (χ0) is 19.0. The minimum atomic E-state index is -1.05. The number of halogens is 2. The molecule has 2 aromatic rings. The van der Waals surface area contributed by atoms with Crippen molar-refractivity contribution in [3.05, 3.63) is 64.7 Å². The maximum Gasteiger partial charge on any atom is 0.254 e. The summed E-state index contributed by atoms with van der Waals surface area (Å²) in [5.41, 5.74) is 1.75. The molecule has 0 aliphatic carbocycles. The molecule has 0 spiro atoms. The highest BCUT2D eigenvalue weighted by atomic mass is 19.2. The molecule has 27 heavy (non-hydrogen) atoms. The zero-order valence-electron chi connectivity index (χ0n) is 14.6. The van der Waals surface area contributed by atoms with E-state index in [1.54, 1.807) is 15.9 Å². The normalized spacial score (nSPS) is 16.1. The van der Waals surface area contributed by atoms with E-state index in [2.05, 4.69) is 0 Å². The molecule has 2 aromatic carbocycles. The SMILES string of the molecule is O=C(c1ccc(F)c(F)c1)N1CCN(C(=O)c2ccc3c(c2)CCO3)CC1. The predicted octanol–water partition coefficient (Wildman–Crippen LogP) is 2.50. The molecule has 140 valence electrons. The number of ether oxygens (including phenoxy) is 1. The number of rotatable bonds is 2. The first-order valence-electron chi connectivity index (χ1n) is 8.82. The molecule has 2 heterocycles. The standard InChI is InChI=1S/C20H18F2N2O3/c21-16-3-1-15(12-17(16)22)20(26)24-8-6-23(7-9-24)19(25)14-2-4-18-13(11-14)5-10-27-18/h1-4,11-12H,5-10H2. The van der Waals surface area contributed by atoms with E-state index in [9.17, 15) is 18.4 Å². The number of nitrogens with zero attached hydrogens (tertiary/aromatic N) is 2. The fourth-order valence-electron chi connectivity index (χ4n) is 3.43. The Morgan fingerprint density at radius 1 is 0.815 bits per heavy atom. The molecular formula is C20H18F2N2O3. The summed E-state index contributed by atoms with van der Waals surface area (Å²) in [5.74, 6) is -1.65. The Labute approximate surface area is 155 Å². The Morgan fingerprint density at radius 2 is 1.41 bits per heavy atom. The van der Waals surface area contributed by atoms with Gasteiger partial charge < -0.3 is 14.5 Å². The second kappa shape index (κ2) is 6.98. The van der Waals surface area contributed by atoms with Crippen LogP contribution in [0.1, 0.15) is 26.3 Å². The fourth-order valence-corrected chi connectivity index (χ4v) is 3.43. The van der Waals surface area contributed by atoms with E-state index in [1.807, 2.05) is 12.1 Å². The molecule has 1 saturated heterocycles. The summed E-state index contributed by atoms with van der Waals surface area (Å²) in [6.07, 6.45) is 0.799. The summed E-state index contributed by atoms with van der Waals surface area (Å²) >= 11 is 0. The number of piperazine rings is 1. The molecule has 2 amide bonds. The first kappa shape index (κ1) is 17.5. The molecular weight excluding hydrogens is 354 g/mol. The van der Waals surface area contributed by atoms with Crippen LogP contribution >= 0.6 is 0 Å². The number of hydrogen-bond acceptors (Lipinski definition) is 3. The molecule has 5 nitrogen and oxygen atoms in total. The molecule has 7 heteroatoms. The molecule has 2 aliphatic heterocycles. The lowest BCUT2D eigenvalue weighted by atomic mass is 10.1. The summed E-state index contributed by atoms with van der Waals surface area (Å²) in [5, 5.41) is 0. The van der Waals surface area contributed by atoms with E-state index in [4.69, 9.17) is 4.74 Å². The summed E-state index contributed by atoms with van der Waals surface area (Å²) in [4.78, 5) is 28.4. The number of benzene rings is 2. The minimum absolute atomic E-state index is 0.0791. The van der Waals surface area contributed by atoms with Crippen molar-refractivity contribution >= 4 is 11.8 Å². The van der Waals surface area contributed by atoms with Crippen molar-refractivity contribution < 1.29 is 23.1 Å². The van der Waals surface area contributed by atoms with Gasteiger partial charge in [-0.25, -0.2) is 8.78 Å². The third-order valence-electron chi connectivity index (χ3n) is 4.96. The largest absolute Gasteiger partial charge is 0.493 e. The molecule has 0 aromatic heterocycles. The van der Waals surface area contributed by atoms with Crippen LogP contribution in [-0.2, 0) is 6.42 Å². The second-order valence-corrected chi connectivity index (χ2v) is 6.63. The number of carbonyl (C=O) groups is 2. The predicted molar refractivity (Wildman–Crippen MR) is 93.8 cm³/mol. The monoisotopic (exact) mass is 372 g/mol. The molecule has 2 aliphatic rings. The van der Waals surface area contributed by atoms with Crippen molar-refractivity contribution in [2.75, 3.05) is 32.8 Å². The maximum absolute atomic E-state index is 13.3. The van der Waals surface area contributed by atoms with Gasteiger partial charge in [-0.15, -0.1) is 0 Å². The third-order valence-corrected chi connectivity index (χ3v) is 4.96. The van der Waals surface area contributed by atoms with Crippen LogP contribution in [0.15, 0.2) is 36.4 Å². The fraction of sp³-hybridized carbons (Fsp3) is 0.300. The molecule has 1 fully saturated rings. The molecule has 0 unspecified atom stereocenters. The van der Waals surface area contributed by atoms with Crippen LogP contribution < -0.4 is 4.74 Å². The average Bonchev–Trinajstić information content (AvgIpc) is 3.17. The van der Waals surface area contributed by atoms with Crippen LogP contribution in [0, 0.1) is 11.6 Å². The van der Waals surface area contributed by atoms with Crippen LogP contribution in [0.4, 0.5) is 8.78 Å². The van der Waals surface area contributed by atoms with Gasteiger partial charge in [-0.05, 0) is 42.0 Å². The van der Waals surface area contributed by atoms with E-state index in [0.29, 0.717) is 38.3 Å². The van der Waals surface area contributed by atoms with Crippen LogP contribution in [0.5, 0.6) is 5.75 Å². The molecule has 0 N–H and O–H groups in total. The number of amides is 2. The Kier molecular flexibility index (Phi) is 4.51. The molecule has 4 rings (SSSR count). The van der Waals surface area contributed by atoms with Crippen molar-refractivity contribution in [2.45, 2.75) is 6.42 Å². The molecule has 0 radical (unpaired) electrons. The van der Waals surface area contributed by atoms with Gasteiger partial charge in [0.2, 0.25) is 0 Å². The Bertz CT molecular complexity index is 908.